The molecule has 0 fully saturated rings. The number of carbonyl (C=O) groups excluding carboxylic acids is 1. The Morgan fingerprint density at radius 3 is 2.68 bits per heavy atom. The molecule has 0 spiro atoms. The standard InChI is InChI=1S/C18H24O4/c1-12(20)22-14-8-6-7-13(9-14)15-16(17(2,3)10-19)18(4,5)11-21-15/h6-9,19H,10-11H2,1-5H3. The molecule has 1 heterocycles. The van der Waals surface area contributed by atoms with Gasteiger partial charge in [-0.1, -0.05) is 39.8 Å². The first-order valence-electron chi connectivity index (χ1n) is 7.45. The van der Waals surface area contributed by atoms with Crippen molar-refractivity contribution in [3.8, 4) is 5.75 Å². The van der Waals surface area contributed by atoms with Crippen molar-refractivity contribution in [3.05, 3.63) is 35.4 Å². The van der Waals surface area contributed by atoms with Crippen molar-refractivity contribution in [1.82, 2.24) is 0 Å². The van der Waals surface area contributed by atoms with Gasteiger partial charge in [0.15, 0.2) is 0 Å². The highest BCUT2D eigenvalue weighted by molar-refractivity contribution is 5.72. The highest BCUT2D eigenvalue weighted by Gasteiger charge is 2.43. The molecule has 120 valence electrons. The first-order chi connectivity index (χ1) is 10.2. The van der Waals surface area contributed by atoms with E-state index in [9.17, 15) is 9.90 Å². The summed E-state index contributed by atoms with van der Waals surface area (Å²) in [4.78, 5) is 11.1. The highest BCUT2D eigenvalue weighted by Crippen LogP contribution is 2.49. The third-order valence-electron chi connectivity index (χ3n) is 3.91. The van der Waals surface area contributed by atoms with Crippen LogP contribution in [-0.4, -0.2) is 24.3 Å². The quantitative estimate of drug-likeness (QED) is 0.684. The molecule has 0 unspecified atom stereocenters. The molecule has 0 saturated heterocycles. The maximum absolute atomic E-state index is 11.1. The lowest BCUT2D eigenvalue weighted by Gasteiger charge is -2.32. The Labute approximate surface area is 131 Å². The van der Waals surface area contributed by atoms with Gasteiger partial charge in [-0.2, -0.15) is 0 Å². The Morgan fingerprint density at radius 1 is 1.41 bits per heavy atom. The Bertz CT molecular complexity index is 611. The van der Waals surface area contributed by atoms with Crippen molar-refractivity contribution in [2.75, 3.05) is 13.2 Å². The number of aliphatic hydroxyl groups excluding tert-OH is 1. The van der Waals surface area contributed by atoms with E-state index in [1.165, 1.54) is 6.92 Å². The summed E-state index contributed by atoms with van der Waals surface area (Å²) in [6, 6.07) is 7.30. The van der Waals surface area contributed by atoms with E-state index in [2.05, 4.69) is 13.8 Å². The normalized spacial score (nSPS) is 17.4. The summed E-state index contributed by atoms with van der Waals surface area (Å²) in [7, 11) is 0. The van der Waals surface area contributed by atoms with Crippen LogP contribution in [0.5, 0.6) is 5.75 Å². The Kier molecular flexibility index (Phi) is 4.34. The first-order valence-corrected chi connectivity index (χ1v) is 7.45. The SMILES string of the molecule is CC(=O)Oc1cccc(C2=C(C(C)(C)CO)C(C)(C)CO2)c1. The van der Waals surface area contributed by atoms with E-state index in [-0.39, 0.29) is 23.4 Å². The van der Waals surface area contributed by atoms with E-state index in [1.807, 2.05) is 26.0 Å². The van der Waals surface area contributed by atoms with Crippen molar-refractivity contribution < 1.29 is 19.4 Å². The summed E-state index contributed by atoms with van der Waals surface area (Å²) in [5.74, 6) is 0.916. The Balaban J connectivity index is 2.53. The van der Waals surface area contributed by atoms with Crippen molar-refractivity contribution in [2.45, 2.75) is 34.6 Å². The molecule has 0 bridgehead atoms. The van der Waals surface area contributed by atoms with Crippen LogP contribution in [0.1, 0.15) is 40.2 Å². The molecule has 0 aliphatic carbocycles. The van der Waals surface area contributed by atoms with Crippen molar-refractivity contribution in [2.24, 2.45) is 10.8 Å². The number of carbonyl (C=O) groups is 1. The lowest BCUT2D eigenvalue weighted by molar-refractivity contribution is -0.131. The molecule has 1 aliphatic rings. The minimum atomic E-state index is -0.382. The second-order valence-electron chi connectivity index (χ2n) is 7.04. The molecule has 0 aromatic heterocycles. The number of rotatable bonds is 4. The molecule has 0 saturated carbocycles. The van der Waals surface area contributed by atoms with Crippen LogP contribution < -0.4 is 4.74 Å². The lowest BCUT2D eigenvalue weighted by atomic mass is 9.70. The van der Waals surface area contributed by atoms with E-state index < -0.39 is 0 Å². The van der Waals surface area contributed by atoms with Gasteiger partial charge in [-0.15, -0.1) is 0 Å². The summed E-state index contributed by atoms with van der Waals surface area (Å²) < 4.78 is 11.1. The maximum Gasteiger partial charge on any atom is 0.308 e. The van der Waals surface area contributed by atoms with Gasteiger partial charge >= 0.3 is 5.97 Å². The van der Waals surface area contributed by atoms with Gasteiger partial charge in [0.2, 0.25) is 0 Å². The first kappa shape index (κ1) is 16.6. The second kappa shape index (κ2) is 5.76. The van der Waals surface area contributed by atoms with Gasteiger partial charge in [0.1, 0.15) is 11.5 Å². The molecule has 4 nitrogen and oxygen atoms in total. The van der Waals surface area contributed by atoms with Crippen LogP contribution in [0.25, 0.3) is 5.76 Å². The number of hydrogen-bond donors (Lipinski definition) is 1. The summed E-state index contributed by atoms with van der Waals surface area (Å²) in [6.07, 6.45) is 0. The lowest BCUT2D eigenvalue weighted by Crippen LogP contribution is -2.29. The van der Waals surface area contributed by atoms with E-state index >= 15 is 0 Å². The van der Waals surface area contributed by atoms with Crippen LogP contribution in [0.4, 0.5) is 0 Å². The fourth-order valence-corrected chi connectivity index (χ4v) is 3.10. The van der Waals surface area contributed by atoms with Gasteiger partial charge in [-0.25, -0.2) is 0 Å². The van der Waals surface area contributed by atoms with E-state index in [1.54, 1.807) is 12.1 Å². The van der Waals surface area contributed by atoms with Crippen molar-refractivity contribution in [1.29, 1.82) is 0 Å². The summed E-state index contributed by atoms with van der Waals surface area (Å²) >= 11 is 0. The third kappa shape index (κ3) is 3.17. The zero-order valence-corrected chi connectivity index (χ0v) is 13.9. The van der Waals surface area contributed by atoms with Crippen LogP contribution >= 0.6 is 0 Å². The predicted molar refractivity (Wildman–Crippen MR) is 85.3 cm³/mol. The van der Waals surface area contributed by atoms with Gasteiger partial charge in [0, 0.05) is 23.3 Å². The average Bonchev–Trinajstić information content (AvgIpc) is 2.74. The van der Waals surface area contributed by atoms with Crippen LogP contribution in [0.2, 0.25) is 0 Å². The molecule has 22 heavy (non-hydrogen) atoms. The van der Waals surface area contributed by atoms with Crippen LogP contribution in [0.15, 0.2) is 29.8 Å². The smallest absolute Gasteiger partial charge is 0.308 e. The third-order valence-corrected chi connectivity index (χ3v) is 3.91. The average molecular weight is 304 g/mol. The monoisotopic (exact) mass is 304 g/mol. The van der Waals surface area contributed by atoms with Gasteiger partial charge in [-0.05, 0) is 17.7 Å². The molecule has 1 aliphatic heterocycles. The molecule has 1 aromatic rings. The molecule has 0 radical (unpaired) electrons. The fraction of sp³-hybridized carbons (Fsp3) is 0.500. The number of ether oxygens (including phenoxy) is 2. The minimum Gasteiger partial charge on any atom is -0.492 e. The zero-order valence-electron chi connectivity index (χ0n) is 13.9. The molecule has 4 heteroatoms. The molecular weight excluding hydrogens is 280 g/mol. The van der Waals surface area contributed by atoms with Crippen LogP contribution in [-0.2, 0) is 9.53 Å². The Hall–Kier alpha value is -1.81. The van der Waals surface area contributed by atoms with Crippen molar-refractivity contribution in [3.63, 3.8) is 0 Å². The number of esters is 1. The predicted octanol–water partition coefficient (Wildman–Crippen LogP) is 3.40. The number of hydrogen-bond acceptors (Lipinski definition) is 4. The molecule has 0 atom stereocenters. The number of benzene rings is 1. The van der Waals surface area contributed by atoms with E-state index in [4.69, 9.17) is 9.47 Å². The maximum atomic E-state index is 11.1. The largest absolute Gasteiger partial charge is 0.492 e. The van der Waals surface area contributed by atoms with Gasteiger partial charge in [0.05, 0.1) is 13.2 Å². The molecule has 0 amide bonds. The fourth-order valence-electron chi connectivity index (χ4n) is 3.10. The minimum absolute atomic E-state index is 0.0439. The van der Waals surface area contributed by atoms with Gasteiger partial charge < -0.3 is 14.6 Å². The molecule has 2 rings (SSSR count). The summed E-state index contributed by atoms with van der Waals surface area (Å²) in [5, 5.41) is 9.77. The topological polar surface area (TPSA) is 55.8 Å². The van der Waals surface area contributed by atoms with E-state index in [0.717, 1.165) is 16.9 Å². The summed E-state index contributed by atoms with van der Waals surface area (Å²) in [6.45, 7) is 10.2. The van der Waals surface area contributed by atoms with Gasteiger partial charge in [-0.3, -0.25) is 4.79 Å². The van der Waals surface area contributed by atoms with Crippen LogP contribution in [0.3, 0.4) is 0 Å². The highest BCUT2D eigenvalue weighted by atomic mass is 16.5. The van der Waals surface area contributed by atoms with Crippen molar-refractivity contribution >= 4 is 11.7 Å². The zero-order chi connectivity index (χ0) is 16.5. The molecular formula is C18H24O4. The van der Waals surface area contributed by atoms with E-state index in [0.29, 0.717) is 12.4 Å². The second-order valence-corrected chi connectivity index (χ2v) is 7.04. The summed E-state index contributed by atoms with van der Waals surface area (Å²) in [5.41, 5.74) is 1.41. The van der Waals surface area contributed by atoms with Crippen LogP contribution in [0, 0.1) is 10.8 Å². The molecule has 1 N–H and O–H groups in total. The van der Waals surface area contributed by atoms with Gasteiger partial charge in [0.25, 0.3) is 0 Å². The number of aliphatic hydroxyl groups is 1. The molecule has 1 aromatic carbocycles. The Morgan fingerprint density at radius 2 is 2.09 bits per heavy atom.